The summed E-state index contributed by atoms with van der Waals surface area (Å²) in [7, 11) is -0.197. The van der Waals surface area contributed by atoms with Gasteiger partial charge >= 0.3 is 0 Å². The normalized spacial score (nSPS) is 12.2. The van der Waals surface area contributed by atoms with Crippen molar-refractivity contribution in [1.29, 1.82) is 0 Å². The van der Waals surface area contributed by atoms with Gasteiger partial charge in [0.15, 0.2) is 0 Å². The van der Waals surface area contributed by atoms with Crippen molar-refractivity contribution in [3.05, 3.63) is 0 Å². The number of hydrogen-bond acceptors (Lipinski definition) is 4. The predicted octanol–water partition coefficient (Wildman–Crippen LogP) is 6.46. The first-order chi connectivity index (χ1) is 12.5. The van der Waals surface area contributed by atoms with Crippen LogP contribution in [0, 0.1) is 0 Å². The molecule has 4 nitrogen and oxygen atoms in total. The Labute approximate surface area is 164 Å². The molecule has 158 valence electrons. The summed E-state index contributed by atoms with van der Waals surface area (Å²) in [4.78, 5) is 0. The molecule has 0 heterocycles. The molecule has 0 radical (unpaired) electrons. The number of unbranched alkanes of at least 4 members (excludes halogenated alkanes) is 16. The Balaban J connectivity index is 3.18. The number of hydrogen-bond donors (Lipinski definition) is 0. The Morgan fingerprint density at radius 3 is 1.19 bits per heavy atom. The summed E-state index contributed by atoms with van der Waals surface area (Å²) in [6.45, 7) is 2.27. The topological polar surface area (TPSA) is 46.6 Å². The molecule has 0 fully saturated rings. The van der Waals surface area contributed by atoms with Gasteiger partial charge in [-0.15, -0.1) is 0 Å². The lowest BCUT2D eigenvalue weighted by atomic mass is 10.0. The predicted molar refractivity (Wildman–Crippen MR) is 113 cm³/mol. The number of nitrogens with zero attached hydrogens (tertiary/aromatic N) is 1. The van der Waals surface area contributed by atoms with Gasteiger partial charge in [-0.2, -0.15) is 17.8 Å². The van der Waals surface area contributed by atoms with Gasteiger partial charge in [0, 0.05) is 14.1 Å². The second-order valence-electron chi connectivity index (χ2n) is 7.81. The van der Waals surface area contributed by atoms with Crippen molar-refractivity contribution in [2.75, 3.05) is 19.8 Å². The van der Waals surface area contributed by atoms with Crippen molar-refractivity contribution < 1.29 is 12.7 Å². The van der Waals surface area contributed by atoms with Crippen LogP contribution in [0.2, 0.25) is 0 Å². The summed E-state index contributed by atoms with van der Waals surface area (Å²) in [5.74, 6) is 0.129. The molecule has 0 rings (SSSR count). The van der Waals surface area contributed by atoms with E-state index in [2.05, 4.69) is 6.92 Å². The molecule has 0 unspecified atom stereocenters. The Morgan fingerprint density at radius 2 is 0.885 bits per heavy atom. The molecule has 0 aromatic heterocycles. The van der Waals surface area contributed by atoms with Crippen molar-refractivity contribution in [3.63, 3.8) is 0 Å². The van der Waals surface area contributed by atoms with E-state index in [9.17, 15) is 8.42 Å². The first-order valence-electron chi connectivity index (χ1n) is 11.1. The summed E-state index contributed by atoms with van der Waals surface area (Å²) in [6.07, 6.45) is 22.1. The molecule has 0 N–H and O–H groups in total. The third-order valence-electron chi connectivity index (χ3n) is 4.76. The maximum atomic E-state index is 11.5. The van der Waals surface area contributed by atoms with Crippen molar-refractivity contribution in [1.82, 2.24) is 5.06 Å². The second kappa shape index (κ2) is 18.2. The highest BCUT2D eigenvalue weighted by Crippen LogP contribution is 2.14. The Morgan fingerprint density at radius 1 is 0.577 bits per heavy atom. The lowest BCUT2D eigenvalue weighted by Crippen LogP contribution is -2.21. The average molecular weight is 392 g/mol. The number of rotatable bonds is 20. The standard InChI is InChI=1S/C21H45NO3S/c1-4-5-6-7-8-9-10-11-12-13-14-15-16-17-18-19-20-21-26(23,24)25-22(2)3/h4-21H2,1-3H3. The summed E-state index contributed by atoms with van der Waals surface area (Å²) in [5, 5.41) is 1.24. The van der Waals surface area contributed by atoms with Crippen molar-refractivity contribution in [3.8, 4) is 0 Å². The summed E-state index contributed by atoms with van der Waals surface area (Å²) in [5.41, 5.74) is 0. The van der Waals surface area contributed by atoms with Crippen LogP contribution in [-0.2, 0) is 14.4 Å². The van der Waals surface area contributed by atoms with Gasteiger partial charge in [-0.3, -0.25) is 0 Å². The molecule has 5 heteroatoms. The van der Waals surface area contributed by atoms with Gasteiger partial charge in [0.1, 0.15) is 0 Å². The number of hydroxylamine groups is 2. The van der Waals surface area contributed by atoms with Gasteiger partial charge < -0.3 is 0 Å². The minimum Gasteiger partial charge on any atom is -0.198 e. The zero-order valence-corrected chi connectivity index (χ0v) is 18.6. The van der Waals surface area contributed by atoms with Crippen LogP contribution in [0.5, 0.6) is 0 Å². The van der Waals surface area contributed by atoms with E-state index in [1.807, 2.05) is 0 Å². The fourth-order valence-corrected chi connectivity index (χ4v) is 4.35. The largest absolute Gasteiger partial charge is 0.283 e. The molecule has 0 atom stereocenters. The van der Waals surface area contributed by atoms with E-state index in [4.69, 9.17) is 4.28 Å². The zero-order chi connectivity index (χ0) is 19.5. The molecule has 0 aromatic rings. The van der Waals surface area contributed by atoms with Crippen LogP contribution in [0.1, 0.15) is 116 Å². The van der Waals surface area contributed by atoms with Gasteiger partial charge in [0.2, 0.25) is 0 Å². The summed E-state index contributed by atoms with van der Waals surface area (Å²) in [6, 6.07) is 0. The highest BCUT2D eigenvalue weighted by molar-refractivity contribution is 7.86. The maximum absolute atomic E-state index is 11.5. The van der Waals surface area contributed by atoms with Crippen LogP contribution in [0.25, 0.3) is 0 Å². The molecular weight excluding hydrogens is 346 g/mol. The van der Waals surface area contributed by atoms with E-state index in [0.717, 1.165) is 12.8 Å². The molecule has 0 bridgehead atoms. The molecule has 0 aliphatic heterocycles. The third kappa shape index (κ3) is 20.2. The molecule has 0 aliphatic carbocycles. The van der Waals surface area contributed by atoms with Crippen LogP contribution in [0.15, 0.2) is 0 Å². The third-order valence-corrected chi connectivity index (χ3v) is 6.07. The molecule has 26 heavy (non-hydrogen) atoms. The molecule has 0 aliphatic rings. The fraction of sp³-hybridized carbons (Fsp3) is 1.00. The summed E-state index contributed by atoms with van der Waals surface area (Å²) < 4.78 is 27.8. The van der Waals surface area contributed by atoms with Crippen molar-refractivity contribution >= 4 is 10.1 Å². The van der Waals surface area contributed by atoms with Crippen LogP contribution >= 0.6 is 0 Å². The van der Waals surface area contributed by atoms with E-state index in [-0.39, 0.29) is 5.75 Å². The minimum absolute atomic E-state index is 0.129. The van der Waals surface area contributed by atoms with Gasteiger partial charge in [0.05, 0.1) is 5.75 Å². The second-order valence-corrected chi connectivity index (χ2v) is 9.48. The van der Waals surface area contributed by atoms with Gasteiger partial charge in [-0.1, -0.05) is 110 Å². The highest BCUT2D eigenvalue weighted by Gasteiger charge is 2.12. The molecular formula is C21H45NO3S. The first-order valence-corrected chi connectivity index (χ1v) is 12.7. The first kappa shape index (κ1) is 25.9. The van der Waals surface area contributed by atoms with E-state index < -0.39 is 10.1 Å². The van der Waals surface area contributed by atoms with Gasteiger partial charge in [0.25, 0.3) is 10.1 Å². The quantitative estimate of drug-likeness (QED) is 0.176. The van der Waals surface area contributed by atoms with Gasteiger partial charge in [-0.25, -0.2) is 0 Å². The maximum Gasteiger partial charge on any atom is 0.283 e. The van der Waals surface area contributed by atoms with Crippen LogP contribution in [0.4, 0.5) is 0 Å². The lowest BCUT2D eigenvalue weighted by Gasteiger charge is -2.10. The minimum atomic E-state index is -3.38. The Hall–Kier alpha value is -0.130. The van der Waals surface area contributed by atoms with Gasteiger partial charge in [-0.05, 0) is 6.42 Å². The smallest absolute Gasteiger partial charge is 0.198 e. The Bertz CT molecular complexity index is 383. The fourth-order valence-electron chi connectivity index (χ4n) is 3.27. The highest BCUT2D eigenvalue weighted by atomic mass is 32.2. The van der Waals surface area contributed by atoms with Crippen LogP contribution in [-0.4, -0.2) is 33.3 Å². The molecule has 0 spiro atoms. The molecule has 0 saturated carbocycles. The van der Waals surface area contributed by atoms with Crippen LogP contribution < -0.4 is 0 Å². The van der Waals surface area contributed by atoms with Crippen molar-refractivity contribution in [2.45, 2.75) is 116 Å². The summed E-state index contributed by atoms with van der Waals surface area (Å²) >= 11 is 0. The lowest BCUT2D eigenvalue weighted by molar-refractivity contribution is 0.00517. The van der Waals surface area contributed by atoms with E-state index in [1.54, 1.807) is 14.1 Å². The average Bonchev–Trinajstić information content (AvgIpc) is 2.56. The monoisotopic (exact) mass is 391 g/mol. The Kier molecular flexibility index (Phi) is 18.2. The van der Waals surface area contributed by atoms with E-state index in [1.165, 1.54) is 95.0 Å². The van der Waals surface area contributed by atoms with E-state index in [0.29, 0.717) is 6.42 Å². The van der Waals surface area contributed by atoms with Crippen LogP contribution in [0.3, 0.4) is 0 Å². The van der Waals surface area contributed by atoms with Crippen molar-refractivity contribution in [2.24, 2.45) is 0 Å². The molecule has 0 aromatic carbocycles. The SMILES string of the molecule is CCCCCCCCCCCCCCCCCCCS(=O)(=O)ON(C)C. The van der Waals surface area contributed by atoms with E-state index >= 15 is 0 Å². The molecule has 0 saturated heterocycles. The zero-order valence-electron chi connectivity index (χ0n) is 17.8. The molecule has 0 amide bonds.